The van der Waals surface area contributed by atoms with Crippen molar-refractivity contribution in [3.05, 3.63) is 118 Å². The van der Waals surface area contributed by atoms with Gasteiger partial charge >= 0.3 is 0 Å². The maximum absolute atomic E-state index is 12.5. The number of allylic oxidation sites excluding steroid dienone is 3. The number of hydrogen-bond donors (Lipinski definition) is 2. The molecule has 1 unspecified atom stereocenters. The van der Waals surface area contributed by atoms with Gasteiger partial charge in [0.15, 0.2) is 0 Å². The zero-order valence-electron chi connectivity index (χ0n) is 24.9. The third-order valence-corrected chi connectivity index (χ3v) is 9.31. The minimum absolute atomic E-state index is 0.159. The summed E-state index contributed by atoms with van der Waals surface area (Å²) < 4.78 is 41.6. The molecule has 1 aliphatic heterocycles. The van der Waals surface area contributed by atoms with Gasteiger partial charge in [0, 0.05) is 45.6 Å². The lowest BCUT2D eigenvalue weighted by Gasteiger charge is -2.24. The smallest absolute Gasteiger partial charge is 0.295 e. The van der Waals surface area contributed by atoms with Crippen molar-refractivity contribution < 1.29 is 17.4 Å². The summed E-state index contributed by atoms with van der Waals surface area (Å²) in [5.74, 6) is 0.998. The van der Waals surface area contributed by atoms with E-state index in [1.54, 1.807) is 18.2 Å². The lowest BCUT2D eigenvalue weighted by Crippen LogP contribution is -2.12. The van der Waals surface area contributed by atoms with Gasteiger partial charge in [0.2, 0.25) is 0 Å². The van der Waals surface area contributed by atoms with Crippen LogP contribution in [0.3, 0.4) is 0 Å². The zero-order valence-corrected chi connectivity index (χ0v) is 25.7. The van der Waals surface area contributed by atoms with Crippen LogP contribution in [0, 0.1) is 19.8 Å². The summed E-state index contributed by atoms with van der Waals surface area (Å²) in [5.41, 5.74) is 9.85. The molecule has 0 aromatic heterocycles. The van der Waals surface area contributed by atoms with E-state index in [0.717, 1.165) is 40.0 Å². The number of para-hydroxylation sites is 1. The van der Waals surface area contributed by atoms with Crippen molar-refractivity contribution in [2.45, 2.75) is 45.9 Å². The maximum Gasteiger partial charge on any atom is 0.295 e. The van der Waals surface area contributed by atoms with Gasteiger partial charge in [-0.2, -0.15) is 8.42 Å². The Morgan fingerprint density at radius 2 is 1.63 bits per heavy atom. The number of aryl methyl sites for hydroxylation is 2. The van der Waals surface area contributed by atoms with E-state index in [1.807, 2.05) is 68.4 Å². The molecule has 0 amide bonds. The van der Waals surface area contributed by atoms with E-state index in [2.05, 4.69) is 32.2 Å². The summed E-state index contributed by atoms with van der Waals surface area (Å²) in [7, 11) is -4.50. The molecule has 1 atom stereocenters. The number of benzene rings is 4. The van der Waals surface area contributed by atoms with Gasteiger partial charge < -0.3 is 9.73 Å². The van der Waals surface area contributed by atoms with Gasteiger partial charge in [-0.1, -0.05) is 49.4 Å². The van der Waals surface area contributed by atoms with Crippen LogP contribution in [0.1, 0.15) is 38.3 Å². The van der Waals surface area contributed by atoms with Crippen molar-refractivity contribution in [2.24, 2.45) is 10.9 Å². The number of fused-ring (bicyclic) bond motifs is 2. The van der Waals surface area contributed by atoms with Crippen LogP contribution in [-0.2, 0) is 10.1 Å². The molecule has 6 rings (SSSR count). The average molecular weight is 591 g/mol. The highest BCUT2D eigenvalue weighted by Crippen LogP contribution is 2.43. The third-order valence-electron chi connectivity index (χ3n) is 8.39. The summed E-state index contributed by atoms with van der Waals surface area (Å²) in [5, 5.41) is 5.04. The Hall–Kier alpha value is -4.46. The Morgan fingerprint density at radius 1 is 0.884 bits per heavy atom. The average Bonchev–Trinajstić information content (AvgIpc) is 2.97. The Labute approximate surface area is 252 Å². The second-order valence-electron chi connectivity index (χ2n) is 11.4. The molecule has 43 heavy (non-hydrogen) atoms. The Morgan fingerprint density at radius 3 is 2.37 bits per heavy atom. The van der Waals surface area contributed by atoms with E-state index >= 15 is 0 Å². The highest BCUT2D eigenvalue weighted by Gasteiger charge is 2.24. The largest absolute Gasteiger partial charge is 0.456 e. The van der Waals surface area contributed by atoms with Crippen LogP contribution < -0.4 is 10.7 Å². The summed E-state index contributed by atoms with van der Waals surface area (Å²) >= 11 is 0. The van der Waals surface area contributed by atoms with Crippen molar-refractivity contribution in [3.63, 3.8) is 0 Å². The van der Waals surface area contributed by atoms with E-state index in [9.17, 15) is 13.0 Å². The van der Waals surface area contributed by atoms with E-state index in [1.165, 1.54) is 17.2 Å². The molecule has 2 aliphatic carbocycles. The third kappa shape index (κ3) is 5.42. The van der Waals surface area contributed by atoms with Crippen LogP contribution in [0.2, 0.25) is 0 Å². The molecule has 0 saturated heterocycles. The fourth-order valence-electron chi connectivity index (χ4n) is 5.86. The predicted molar refractivity (Wildman–Crippen MR) is 173 cm³/mol. The maximum atomic E-state index is 12.5. The predicted octanol–water partition coefficient (Wildman–Crippen LogP) is 8.97. The topological polar surface area (TPSA) is 91.9 Å². The molecule has 2 N–H and O–H groups in total. The highest BCUT2D eigenvalue weighted by molar-refractivity contribution is 7.86. The van der Waals surface area contributed by atoms with E-state index < -0.39 is 10.1 Å². The van der Waals surface area contributed by atoms with E-state index in [4.69, 9.17) is 9.41 Å². The first-order chi connectivity index (χ1) is 20.5. The SMILES string of the molecule is CC1=CCC(C)C(C)=C1Nc1ccc2c(-c3ccccc3S(=O)(=O)O)c3ccc(=Nc4c(C)cccc4C)cc-3oc2c1. The number of nitrogens with zero attached hydrogens (tertiary/aromatic N) is 1. The van der Waals surface area contributed by atoms with Crippen LogP contribution in [0.25, 0.3) is 33.4 Å². The van der Waals surface area contributed by atoms with Crippen molar-refractivity contribution in [3.8, 4) is 22.5 Å². The first kappa shape index (κ1) is 28.6. The second kappa shape index (κ2) is 11.0. The van der Waals surface area contributed by atoms with E-state index in [-0.39, 0.29) is 4.90 Å². The molecule has 218 valence electrons. The highest BCUT2D eigenvalue weighted by atomic mass is 32.2. The van der Waals surface area contributed by atoms with Gasteiger partial charge in [-0.05, 0) is 92.6 Å². The number of nitrogens with one attached hydrogen (secondary N) is 1. The first-order valence-electron chi connectivity index (χ1n) is 14.3. The summed E-state index contributed by atoms with van der Waals surface area (Å²) in [4.78, 5) is 4.77. The molecular weight excluding hydrogens is 556 g/mol. The quantitative estimate of drug-likeness (QED) is 0.157. The number of hydrogen-bond acceptors (Lipinski definition) is 5. The molecule has 1 heterocycles. The van der Waals surface area contributed by atoms with Crippen molar-refractivity contribution in [1.29, 1.82) is 0 Å². The monoisotopic (exact) mass is 590 g/mol. The first-order valence-corrected chi connectivity index (χ1v) is 15.8. The van der Waals surface area contributed by atoms with Crippen LogP contribution in [0.5, 0.6) is 0 Å². The van der Waals surface area contributed by atoms with Gasteiger partial charge in [-0.3, -0.25) is 4.55 Å². The van der Waals surface area contributed by atoms with Crippen molar-refractivity contribution in [2.75, 3.05) is 5.32 Å². The molecule has 0 spiro atoms. The second-order valence-corrected chi connectivity index (χ2v) is 12.8. The van der Waals surface area contributed by atoms with Gasteiger partial charge in [0.05, 0.1) is 11.0 Å². The molecular formula is C36H34N2O4S. The Bertz CT molecular complexity index is 2100. The molecule has 3 aliphatic rings. The van der Waals surface area contributed by atoms with Crippen LogP contribution >= 0.6 is 0 Å². The molecule has 0 bridgehead atoms. The van der Waals surface area contributed by atoms with Gasteiger partial charge in [0.25, 0.3) is 10.1 Å². The van der Waals surface area contributed by atoms with Gasteiger partial charge in [-0.25, -0.2) is 4.99 Å². The molecule has 0 radical (unpaired) electrons. The molecule has 3 aromatic carbocycles. The van der Waals surface area contributed by atoms with Crippen LogP contribution in [0.4, 0.5) is 11.4 Å². The molecule has 0 fully saturated rings. The lowest BCUT2D eigenvalue weighted by atomic mass is 9.88. The standard InChI is InChI=1S/C36H34N2O4S/c1-21-13-14-24(4)36(25(21)5)38-27-16-18-29-32(20-27)42-31-19-26(37-35-22(2)9-8-10-23(35)3)15-17-28(31)34(29)30-11-6-7-12-33(30)43(39,40)41/h6-12,14-21,38H,13H2,1-5H3,(H,39,40,41). The molecule has 0 saturated carbocycles. The van der Waals surface area contributed by atoms with Crippen molar-refractivity contribution in [1.82, 2.24) is 0 Å². The Balaban J connectivity index is 1.62. The van der Waals surface area contributed by atoms with Crippen molar-refractivity contribution >= 4 is 32.5 Å². The molecule has 6 nitrogen and oxygen atoms in total. The van der Waals surface area contributed by atoms with Crippen LogP contribution in [-0.4, -0.2) is 13.0 Å². The fourth-order valence-corrected chi connectivity index (χ4v) is 6.56. The summed E-state index contributed by atoms with van der Waals surface area (Å²) in [6.45, 7) is 10.6. The molecule has 7 heteroatoms. The minimum atomic E-state index is -4.50. The summed E-state index contributed by atoms with van der Waals surface area (Å²) in [6, 6.07) is 24.1. The number of rotatable bonds is 5. The minimum Gasteiger partial charge on any atom is -0.456 e. The number of anilines is 1. The lowest BCUT2D eigenvalue weighted by molar-refractivity contribution is 0.483. The van der Waals surface area contributed by atoms with Crippen LogP contribution in [0.15, 0.2) is 116 Å². The van der Waals surface area contributed by atoms with Gasteiger partial charge in [0.1, 0.15) is 16.2 Å². The van der Waals surface area contributed by atoms with E-state index in [0.29, 0.717) is 39.3 Å². The summed E-state index contributed by atoms with van der Waals surface area (Å²) in [6.07, 6.45) is 3.28. The van der Waals surface area contributed by atoms with Gasteiger partial charge in [-0.15, -0.1) is 0 Å². The molecule has 3 aromatic rings. The Kier molecular flexibility index (Phi) is 7.32. The zero-order chi connectivity index (χ0) is 30.5. The normalized spacial score (nSPS) is 16.2. The fraction of sp³-hybridized carbons (Fsp3) is 0.194.